The van der Waals surface area contributed by atoms with Crippen molar-refractivity contribution in [2.75, 3.05) is 26.3 Å². The fourth-order valence-electron chi connectivity index (χ4n) is 1.38. The standard InChI is InChI=1S/C10H23N2O4PS/c1-4-7-12(8-5-2)10(13)9-15-17(18,16-11)14-6-3/h4-9,11H2,1-3H3. The van der Waals surface area contributed by atoms with E-state index in [9.17, 15) is 4.79 Å². The van der Waals surface area contributed by atoms with Crippen LogP contribution < -0.4 is 5.90 Å². The minimum atomic E-state index is -2.97. The Morgan fingerprint density at radius 3 is 2.17 bits per heavy atom. The lowest BCUT2D eigenvalue weighted by Crippen LogP contribution is -2.35. The Morgan fingerprint density at radius 1 is 1.22 bits per heavy atom. The Morgan fingerprint density at radius 2 is 1.78 bits per heavy atom. The predicted octanol–water partition coefficient (Wildman–Crippen LogP) is 1.80. The van der Waals surface area contributed by atoms with Crippen molar-refractivity contribution in [1.82, 2.24) is 4.90 Å². The third kappa shape index (κ3) is 6.78. The van der Waals surface area contributed by atoms with Crippen LogP contribution >= 0.6 is 6.72 Å². The minimum absolute atomic E-state index is 0.121. The fourth-order valence-corrected chi connectivity index (χ4v) is 2.64. The highest BCUT2D eigenvalue weighted by atomic mass is 32.5. The summed E-state index contributed by atoms with van der Waals surface area (Å²) in [6.45, 7) is 4.41. The number of carbonyl (C=O) groups is 1. The van der Waals surface area contributed by atoms with E-state index in [4.69, 9.17) is 26.8 Å². The molecule has 0 aromatic carbocycles. The van der Waals surface area contributed by atoms with Crippen LogP contribution in [0.3, 0.4) is 0 Å². The van der Waals surface area contributed by atoms with Crippen LogP contribution in [-0.4, -0.2) is 37.1 Å². The molecule has 0 aliphatic rings. The van der Waals surface area contributed by atoms with Crippen molar-refractivity contribution in [1.29, 1.82) is 0 Å². The molecule has 0 bridgehead atoms. The average molecular weight is 298 g/mol. The van der Waals surface area contributed by atoms with Crippen LogP contribution in [0.1, 0.15) is 33.6 Å². The number of nitrogens with zero attached hydrogens (tertiary/aromatic N) is 1. The van der Waals surface area contributed by atoms with Gasteiger partial charge in [-0.3, -0.25) is 9.32 Å². The first-order chi connectivity index (χ1) is 8.52. The number of rotatable bonds is 10. The molecule has 6 nitrogen and oxygen atoms in total. The molecule has 2 N–H and O–H groups in total. The molecular formula is C10H23N2O4PS. The van der Waals surface area contributed by atoms with Gasteiger partial charge in [-0.1, -0.05) is 13.8 Å². The quantitative estimate of drug-likeness (QED) is 0.490. The smallest absolute Gasteiger partial charge is 0.341 e. The van der Waals surface area contributed by atoms with Crippen molar-refractivity contribution in [3.05, 3.63) is 0 Å². The van der Waals surface area contributed by atoms with Gasteiger partial charge in [-0.05, 0) is 31.6 Å². The van der Waals surface area contributed by atoms with Crippen LogP contribution in [0, 0.1) is 0 Å². The summed E-state index contributed by atoms with van der Waals surface area (Å²) in [6.07, 6.45) is 1.80. The molecule has 0 radical (unpaired) electrons. The molecule has 18 heavy (non-hydrogen) atoms. The van der Waals surface area contributed by atoms with Crippen molar-refractivity contribution in [3.63, 3.8) is 0 Å². The fraction of sp³-hybridized carbons (Fsp3) is 0.900. The lowest BCUT2D eigenvalue weighted by atomic mass is 10.3. The van der Waals surface area contributed by atoms with Crippen molar-refractivity contribution in [2.45, 2.75) is 33.6 Å². The SMILES string of the molecule is CCCN(CCC)C(=O)COP(=S)(ON)OCC. The van der Waals surface area contributed by atoms with Gasteiger partial charge < -0.3 is 9.42 Å². The van der Waals surface area contributed by atoms with E-state index in [1.54, 1.807) is 11.8 Å². The van der Waals surface area contributed by atoms with Gasteiger partial charge in [-0.2, -0.15) is 0 Å². The van der Waals surface area contributed by atoms with E-state index in [1.165, 1.54) is 0 Å². The molecule has 0 saturated heterocycles. The van der Waals surface area contributed by atoms with Crippen LogP contribution in [0.25, 0.3) is 0 Å². The van der Waals surface area contributed by atoms with E-state index in [1.807, 2.05) is 13.8 Å². The maximum atomic E-state index is 11.9. The maximum absolute atomic E-state index is 11.9. The van der Waals surface area contributed by atoms with Crippen molar-refractivity contribution < 1.29 is 18.5 Å². The van der Waals surface area contributed by atoms with Gasteiger partial charge in [0.1, 0.15) is 6.61 Å². The van der Waals surface area contributed by atoms with Crippen molar-refractivity contribution >= 4 is 24.4 Å². The molecule has 0 aliphatic heterocycles. The van der Waals surface area contributed by atoms with Gasteiger partial charge in [0.15, 0.2) is 0 Å². The normalized spacial score (nSPS) is 14.2. The Kier molecular flexibility index (Phi) is 9.81. The molecule has 1 amide bonds. The van der Waals surface area contributed by atoms with Gasteiger partial charge in [-0.25, -0.2) is 10.5 Å². The summed E-state index contributed by atoms with van der Waals surface area (Å²) in [4.78, 5) is 13.6. The number of carbonyl (C=O) groups excluding carboxylic acids is 1. The zero-order valence-electron chi connectivity index (χ0n) is 11.3. The van der Waals surface area contributed by atoms with Crippen LogP contribution in [-0.2, 0) is 30.3 Å². The first-order valence-corrected chi connectivity index (χ1v) is 8.63. The summed E-state index contributed by atoms with van der Waals surface area (Å²) in [5.74, 6) is 4.92. The molecule has 0 fully saturated rings. The summed E-state index contributed by atoms with van der Waals surface area (Å²) >= 11 is 4.99. The van der Waals surface area contributed by atoms with Gasteiger partial charge in [0.25, 0.3) is 0 Å². The minimum Gasteiger partial charge on any atom is -0.341 e. The van der Waals surface area contributed by atoms with E-state index in [2.05, 4.69) is 4.62 Å². The lowest BCUT2D eigenvalue weighted by molar-refractivity contribution is -0.133. The third-order valence-electron chi connectivity index (χ3n) is 2.10. The number of nitrogens with two attached hydrogens (primary N) is 1. The van der Waals surface area contributed by atoms with E-state index in [-0.39, 0.29) is 12.5 Å². The van der Waals surface area contributed by atoms with Gasteiger partial charge in [0.2, 0.25) is 5.91 Å². The summed E-state index contributed by atoms with van der Waals surface area (Å²) in [5, 5.41) is 0. The second-order valence-electron chi connectivity index (χ2n) is 3.62. The molecule has 1 unspecified atom stereocenters. The monoisotopic (exact) mass is 298 g/mol. The first-order valence-electron chi connectivity index (χ1n) is 6.08. The van der Waals surface area contributed by atoms with Crippen LogP contribution in [0.5, 0.6) is 0 Å². The summed E-state index contributed by atoms with van der Waals surface area (Å²) in [5.41, 5.74) is 0. The topological polar surface area (TPSA) is 74.0 Å². The summed E-state index contributed by atoms with van der Waals surface area (Å²) < 4.78 is 14.9. The molecule has 0 spiro atoms. The second kappa shape index (κ2) is 9.83. The zero-order valence-corrected chi connectivity index (χ0v) is 13.0. The largest absolute Gasteiger partial charge is 0.344 e. The maximum Gasteiger partial charge on any atom is 0.344 e. The van der Waals surface area contributed by atoms with Gasteiger partial charge >= 0.3 is 6.72 Å². The third-order valence-corrected chi connectivity index (χ3v) is 4.27. The molecular weight excluding hydrogens is 275 g/mol. The molecule has 0 rings (SSSR count). The number of hydrogen-bond acceptors (Lipinski definition) is 6. The Hall–Kier alpha value is -0.0400. The summed E-state index contributed by atoms with van der Waals surface area (Å²) in [7, 11) is 0. The van der Waals surface area contributed by atoms with Crippen LogP contribution in [0.2, 0.25) is 0 Å². The molecule has 0 aromatic heterocycles. The zero-order chi connectivity index (χ0) is 14.0. The van der Waals surface area contributed by atoms with E-state index in [0.717, 1.165) is 12.8 Å². The van der Waals surface area contributed by atoms with Crippen LogP contribution in [0.15, 0.2) is 0 Å². The van der Waals surface area contributed by atoms with E-state index >= 15 is 0 Å². The lowest BCUT2D eigenvalue weighted by Gasteiger charge is -2.23. The number of amides is 1. The van der Waals surface area contributed by atoms with E-state index in [0.29, 0.717) is 19.7 Å². The van der Waals surface area contributed by atoms with Crippen LogP contribution in [0.4, 0.5) is 0 Å². The first kappa shape index (κ1) is 18.0. The Bertz CT molecular complexity index is 285. The molecule has 0 saturated carbocycles. The summed E-state index contributed by atoms with van der Waals surface area (Å²) in [6, 6.07) is 0. The van der Waals surface area contributed by atoms with Gasteiger partial charge in [0, 0.05) is 13.1 Å². The Labute approximate surface area is 114 Å². The molecule has 108 valence electrons. The Balaban J connectivity index is 4.31. The molecule has 0 aromatic rings. The molecule has 0 heterocycles. The predicted molar refractivity (Wildman–Crippen MR) is 74.3 cm³/mol. The average Bonchev–Trinajstić information content (AvgIpc) is 2.36. The van der Waals surface area contributed by atoms with Crippen molar-refractivity contribution in [3.8, 4) is 0 Å². The molecule has 0 aliphatic carbocycles. The highest BCUT2D eigenvalue weighted by molar-refractivity contribution is 8.07. The van der Waals surface area contributed by atoms with Crippen molar-refractivity contribution in [2.24, 2.45) is 5.90 Å². The number of hydrogen-bond donors (Lipinski definition) is 1. The van der Waals surface area contributed by atoms with Gasteiger partial charge in [0.05, 0.1) is 6.61 Å². The van der Waals surface area contributed by atoms with Gasteiger partial charge in [-0.15, -0.1) is 0 Å². The van der Waals surface area contributed by atoms with E-state index < -0.39 is 6.72 Å². The highest BCUT2D eigenvalue weighted by Gasteiger charge is 2.22. The highest BCUT2D eigenvalue weighted by Crippen LogP contribution is 2.47. The molecule has 1 atom stereocenters. The molecule has 8 heteroatoms. The second-order valence-corrected chi connectivity index (χ2v) is 6.59.